The molecule has 0 aliphatic heterocycles. The number of nitrogens with zero attached hydrogens (tertiary/aromatic N) is 1. The summed E-state index contributed by atoms with van der Waals surface area (Å²) in [5.74, 6) is -0.170. The van der Waals surface area contributed by atoms with Gasteiger partial charge in [0.2, 0.25) is 11.8 Å². The van der Waals surface area contributed by atoms with Gasteiger partial charge in [-0.1, -0.05) is 49.7 Å². The van der Waals surface area contributed by atoms with E-state index in [1.165, 1.54) is 0 Å². The first kappa shape index (κ1) is 35.6. The summed E-state index contributed by atoms with van der Waals surface area (Å²) in [6.45, 7) is 21.2. The van der Waals surface area contributed by atoms with Gasteiger partial charge in [0.05, 0.1) is 0 Å². The van der Waals surface area contributed by atoms with Gasteiger partial charge in [-0.2, -0.15) is 0 Å². The number of carbonyl (C=O) groups excluding carboxylic acids is 3. The number of nitrogens with one attached hydrogen (secondary N) is 2. The number of ether oxygens (including phenoxy) is 1. The Kier molecular flexibility index (Phi) is 12.2. The highest BCUT2D eigenvalue weighted by Gasteiger charge is 2.40. The fraction of sp³-hybridized carbons (Fsp3) is 0.571. The molecule has 0 fully saturated rings. The zero-order chi connectivity index (χ0) is 32.7. The van der Waals surface area contributed by atoms with Gasteiger partial charge in [-0.05, 0) is 110 Å². The molecule has 0 bridgehead atoms. The second-order valence-electron chi connectivity index (χ2n) is 14.1. The minimum Gasteiger partial charge on any atom is -0.508 e. The molecule has 0 heterocycles. The second-order valence-corrected chi connectivity index (χ2v) is 14.1. The van der Waals surface area contributed by atoms with Crippen molar-refractivity contribution in [1.29, 1.82) is 0 Å². The fourth-order valence-corrected chi connectivity index (χ4v) is 4.92. The molecule has 3 atom stereocenters. The monoisotopic (exact) mass is 595 g/mol. The predicted molar refractivity (Wildman–Crippen MR) is 172 cm³/mol. The number of aromatic hydroxyl groups is 1. The lowest BCUT2D eigenvalue weighted by Crippen LogP contribution is -2.57. The van der Waals surface area contributed by atoms with Crippen LogP contribution in [0, 0.1) is 19.8 Å². The van der Waals surface area contributed by atoms with Crippen LogP contribution in [0.15, 0.2) is 42.5 Å². The molecular formula is C35H53N3O5. The van der Waals surface area contributed by atoms with Gasteiger partial charge in [-0.25, -0.2) is 4.79 Å². The molecule has 0 aliphatic rings. The van der Waals surface area contributed by atoms with Crippen molar-refractivity contribution in [3.63, 3.8) is 0 Å². The van der Waals surface area contributed by atoms with Gasteiger partial charge in [0, 0.05) is 18.0 Å². The van der Waals surface area contributed by atoms with Gasteiger partial charge in [0.25, 0.3) is 0 Å². The van der Waals surface area contributed by atoms with Gasteiger partial charge >= 0.3 is 6.09 Å². The van der Waals surface area contributed by atoms with Gasteiger partial charge in [0.15, 0.2) is 0 Å². The first-order chi connectivity index (χ1) is 19.8. The number of phenols is 1. The average Bonchev–Trinajstić information content (AvgIpc) is 2.85. The molecule has 43 heavy (non-hydrogen) atoms. The van der Waals surface area contributed by atoms with Gasteiger partial charge < -0.3 is 25.4 Å². The Morgan fingerprint density at radius 2 is 1.51 bits per heavy atom. The molecule has 0 radical (unpaired) electrons. The van der Waals surface area contributed by atoms with Crippen LogP contribution in [0.5, 0.6) is 5.75 Å². The Morgan fingerprint density at radius 3 is 2.05 bits per heavy atom. The summed E-state index contributed by atoms with van der Waals surface area (Å²) in [5.41, 5.74) is 2.04. The van der Waals surface area contributed by atoms with Crippen molar-refractivity contribution in [2.24, 2.45) is 5.92 Å². The van der Waals surface area contributed by atoms with Crippen molar-refractivity contribution in [2.45, 2.75) is 125 Å². The zero-order valence-corrected chi connectivity index (χ0v) is 28.0. The van der Waals surface area contributed by atoms with Crippen LogP contribution < -0.4 is 10.6 Å². The number of hydrogen-bond donors (Lipinski definition) is 3. The smallest absolute Gasteiger partial charge is 0.408 e. The van der Waals surface area contributed by atoms with E-state index in [0.29, 0.717) is 12.3 Å². The number of hydrogen-bond acceptors (Lipinski definition) is 5. The standard InChI is InChI=1S/C35H53N3O5/c1-22(2)12-15-25(5)38(30(31(40)37-34(6,7)8)28-20-23(3)13-14-24(28)4)32(41)29(36-33(42)43-35(9,10)11)21-26-16-18-27(39)19-17-26/h13-14,16-20,22,25,29-30,39H,12,15,21H2,1-11H3,(H,36,42)(H,37,40). The summed E-state index contributed by atoms with van der Waals surface area (Å²) >= 11 is 0. The Hall–Kier alpha value is -3.55. The maximum atomic E-state index is 14.8. The molecule has 2 rings (SSSR count). The minimum atomic E-state index is -1.03. The lowest BCUT2D eigenvalue weighted by Gasteiger charge is -2.40. The van der Waals surface area contributed by atoms with E-state index in [1.807, 2.05) is 59.7 Å². The number of aryl methyl sites for hydroxylation is 2. The summed E-state index contributed by atoms with van der Waals surface area (Å²) in [4.78, 5) is 43.7. The highest BCUT2D eigenvalue weighted by molar-refractivity contribution is 5.93. The number of amides is 3. The SMILES string of the molecule is Cc1ccc(C)c(C(C(=O)NC(C)(C)C)N(C(=O)C(Cc2ccc(O)cc2)NC(=O)OC(C)(C)C)C(C)CCC(C)C)c1. The van der Waals surface area contributed by atoms with E-state index >= 15 is 0 Å². The lowest BCUT2D eigenvalue weighted by molar-refractivity contribution is -0.145. The van der Waals surface area contributed by atoms with Crippen LogP contribution in [0.2, 0.25) is 0 Å². The van der Waals surface area contributed by atoms with Gasteiger partial charge in [0.1, 0.15) is 23.4 Å². The Morgan fingerprint density at radius 1 is 0.907 bits per heavy atom. The molecule has 2 aromatic carbocycles. The Labute approximate surface area is 258 Å². The Balaban J connectivity index is 2.73. The van der Waals surface area contributed by atoms with Crippen LogP contribution in [-0.4, -0.2) is 51.1 Å². The number of phenolic OH excluding ortho intramolecular Hbond substituents is 1. The molecule has 8 nitrogen and oxygen atoms in total. The maximum Gasteiger partial charge on any atom is 0.408 e. The van der Waals surface area contributed by atoms with Gasteiger partial charge in [-0.3, -0.25) is 9.59 Å². The van der Waals surface area contributed by atoms with Gasteiger partial charge in [-0.15, -0.1) is 0 Å². The van der Waals surface area contributed by atoms with Crippen LogP contribution in [0.25, 0.3) is 0 Å². The molecule has 0 saturated heterocycles. The van der Waals surface area contributed by atoms with E-state index in [4.69, 9.17) is 4.74 Å². The van der Waals surface area contributed by atoms with E-state index in [9.17, 15) is 19.5 Å². The zero-order valence-electron chi connectivity index (χ0n) is 28.0. The van der Waals surface area contributed by atoms with E-state index in [2.05, 4.69) is 24.5 Å². The largest absolute Gasteiger partial charge is 0.508 e. The summed E-state index contributed by atoms with van der Waals surface area (Å²) in [6, 6.07) is 10.2. The summed E-state index contributed by atoms with van der Waals surface area (Å²) in [7, 11) is 0. The highest BCUT2D eigenvalue weighted by atomic mass is 16.6. The third-order valence-corrected chi connectivity index (χ3v) is 7.01. The van der Waals surface area contributed by atoms with E-state index in [-0.39, 0.29) is 30.0 Å². The average molecular weight is 596 g/mol. The van der Waals surface area contributed by atoms with Crippen molar-refractivity contribution in [2.75, 3.05) is 0 Å². The van der Waals surface area contributed by atoms with Crippen LogP contribution in [0.1, 0.15) is 103 Å². The van der Waals surface area contributed by atoms with Crippen molar-refractivity contribution in [3.8, 4) is 5.75 Å². The number of alkyl carbamates (subject to hydrolysis) is 1. The first-order valence-corrected chi connectivity index (χ1v) is 15.3. The quantitative estimate of drug-likeness (QED) is 0.266. The van der Waals surface area contributed by atoms with Crippen LogP contribution in [-0.2, 0) is 20.7 Å². The third kappa shape index (κ3) is 11.6. The van der Waals surface area contributed by atoms with Crippen molar-refractivity contribution in [3.05, 3.63) is 64.7 Å². The van der Waals surface area contributed by atoms with E-state index < -0.39 is 29.3 Å². The van der Waals surface area contributed by atoms with Crippen LogP contribution >= 0.6 is 0 Å². The molecule has 238 valence electrons. The molecule has 8 heteroatoms. The second kappa shape index (κ2) is 14.8. The molecule has 2 aromatic rings. The molecular weight excluding hydrogens is 542 g/mol. The molecule has 0 spiro atoms. The highest BCUT2D eigenvalue weighted by Crippen LogP contribution is 2.31. The third-order valence-electron chi connectivity index (χ3n) is 7.01. The van der Waals surface area contributed by atoms with Crippen LogP contribution in [0.4, 0.5) is 4.79 Å². The van der Waals surface area contributed by atoms with Crippen molar-refractivity contribution < 1.29 is 24.2 Å². The number of carbonyl (C=O) groups is 3. The maximum absolute atomic E-state index is 14.8. The molecule has 3 N–H and O–H groups in total. The summed E-state index contributed by atoms with van der Waals surface area (Å²) in [6.07, 6.45) is 0.952. The molecule has 0 saturated carbocycles. The fourth-order valence-electron chi connectivity index (χ4n) is 4.92. The van der Waals surface area contributed by atoms with Crippen molar-refractivity contribution >= 4 is 17.9 Å². The van der Waals surface area contributed by atoms with E-state index in [1.54, 1.807) is 49.9 Å². The first-order valence-electron chi connectivity index (χ1n) is 15.3. The van der Waals surface area contributed by atoms with Crippen molar-refractivity contribution in [1.82, 2.24) is 15.5 Å². The number of rotatable bonds is 11. The number of benzene rings is 2. The topological polar surface area (TPSA) is 108 Å². The molecule has 0 aromatic heterocycles. The minimum absolute atomic E-state index is 0.101. The molecule has 3 unspecified atom stereocenters. The predicted octanol–water partition coefficient (Wildman–Crippen LogP) is 6.75. The molecule has 0 aliphatic carbocycles. The van der Waals surface area contributed by atoms with E-state index in [0.717, 1.165) is 28.7 Å². The molecule has 3 amide bonds. The summed E-state index contributed by atoms with van der Waals surface area (Å²) in [5, 5.41) is 15.8. The summed E-state index contributed by atoms with van der Waals surface area (Å²) < 4.78 is 5.55. The normalized spacial score (nSPS) is 14.0. The van der Waals surface area contributed by atoms with Crippen LogP contribution in [0.3, 0.4) is 0 Å². The Bertz CT molecular complexity index is 1240. The lowest BCUT2D eigenvalue weighted by atomic mass is 9.92.